The maximum absolute atomic E-state index is 13.1. The Morgan fingerprint density at radius 2 is 1.68 bits per heavy atom. The SMILES string of the molecule is COC(=O)c1sccc1NC(=O)C(F)(F)C(F)(F)C(F)(F)F. The van der Waals surface area contributed by atoms with E-state index in [9.17, 15) is 40.3 Å². The number of hydrogen-bond acceptors (Lipinski definition) is 4. The van der Waals surface area contributed by atoms with Crippen molar-refractivity contribution in [3.8, 4) is 0 Å². The summed E-state index contributed by atoms with van der Waals surface area (Å²) in [5, 5.41) is 2.28. The van der Waals surface area contributed by atoms with E-state index in [2.05, 4.69) is 4.74 Å². The number of amides is 1. The highest BCUT2D eigenvalue weighted by Crippen LogP contribution is 2.47. The fourth-order valence-corrected chi connectivity index (χ4v) is 1.95. The van der Waals surface area contributed by atoms with Crippen LogP contribution in [0, 0.1) is 0 Å². The Kier molecular flexibility index (Phi) is 4.75. The van der Waals surface area contributed by atoms with Gasteiger partial charge in [0, 0.05) is 0 Å². The number of alkyl halides is 7. The van der Waals surface area contributed by atoms with Crippen LogP contribution in [0.4, 0.5) is 36.4 Å². The summed E-state index contributed by atoms with van der Waals surface area (Å²) in [7, 11) is 0.917. The zero-order chi connectivity index (χ0) is 17.3. The zero-order valence-corrected chi connectivity index (χ0v) is 11.2. The average Bonchev–Trinajstić information content (AvgIpc) is 2.84. The molecule has 0 aliphatic rings. The van der Waals surface area contributed by atoms with Crippen LogP contribution in [0.25, 0.3) is 0 Å². The van der Waals surface area contributed by atoms with Crippen molar-refractivity contribution in [3.05, 3.63) is 16.3 Å². The summed E-state index contributed by atoms with van der Waals surface area (Å²) >= 11 is 0.604. The van der Waals surface area contributed by atoms with Gasteiger partial charge in [-0.05, 0) is 11.4 Å². The molecule has 0 unspecified atom stereocenters. The van der Waals surface area contributed by atoms with Crippen LogP contribution >= 0.6 is 11.3 Å². The van der Waals surface area contributed by atoms with Gasteiger partial charge in [-0.25, -0.2) is 4.79 Å². The highest BCUT2D eigenvalue weighted by Gasteiger charge is 2.76. The molecule has 1 aromatic rings. The molecule has 4 nitrogen and oxygen atoms in total. The van der Waals surface area contributed by atoms with E-state index in [0.29, 0.717) is 11.3 Å². The Labute approximate surface area is 121 Å². The van der Waals surface area contributed by atoms with Gasteiger partial charge in [-0.3, -0.25) is 4.79 Å². The number of halogens is 7. The summed E-state index contributed by atoms with van der Waals surface area (Å²) in [4.78, 5) is 21.9. The number of methoxy groups -OCH3 is 1. The minimum atomic E-state index is -6.63. The number of thiophene rings is 1. The summed E-state index contributed by atoms with van der Waals surface area (Å²) in [5.41, 5.74) is -0.667. The van der Waals surface area contributed by atoms with Gasteiger partial charge in [-0.1, -0.05) is 0 Å². The molecule has 0 bridgehead atoms. The minimum Gasteiger partial charge on any atom is -0.465 e. The van der Waals surface area contributed by atoms with Crippen molar-refractivity contribution >= 4 is 28.9 Å². The third kappa shape index (κ3) is 3.00. The van der Waals surface area contributed by atoms with Crippen LogP contribution in [0.2, 0.25) is 0 Å². The lowest BCUT2D eigenvalue weighted by atomic mass is 10.1. The first-order valence-corrected chi connectivity index (χ1v) is 6.03. The van der Waals surface area contributed by atoms with Crippen LogP contribution in [0.5, 0.6) is 0 Å². The molecule has 1 aromatic heterocycles. The van der Waals surface area contributed by atoms with Gasteiger partial charge >= 0.3 is 29.9 Å². The summed E-state index contributed by atoms with van der Waals surface area (Å²) in [5.74, 6) is -16.6. The van der Waals surface area contributed by atoms with Crippen molar-refractivity contribution in [2.75, 3.05) is 12.4 Å². The highest BCUT2D eigenvalue weighted by atomic mass is 32.1. The Hall–Kier alpha value is -1.85. The second-order valence-electron chi connectivity index (χ2n) is 3.76. The monoisotopic (exact) mass is 353 g/mol. The maximum Gasteiger partial charge on any atom is 0.460 e. The third-order valence-corrected chi connectivity index (χ3v) is 3.21. The van der Waals surface area contributed by atoms with Gasteiger partial charge in [0.05, 0.1) is 12.8 Å². The van der Waals surface area contributed by atoms with Crippen LogP contribution in [-0.2, 0) is 9.53 Å². The summed E-state index contributed by atoms with van der Waals surface area (Å²) in [6, 6.07) is 0.872. The van der Waals surface area contributed by atoms with Crippen molar-refractivity contribution in [1.29, 1.82) is 0 Å². The molecule has 1 amide bonds. The number of carbonyl (C=O) groups excluding carboxylic acids is 2. The Morgan fingerprint density at radius 1 is 1.14 bits per heavy atom. The van der Waals surface area contributed by atoms with Gasteiger partial charge < -0.3 is 10.1 Å². The number of rotatable bonds is 4. The van der Waals surface area contributed by atoms with Crippen LogP contribution in [0.3, 0.4) is 0 Å². The number of hydrogen-bond donors (Lipinski definition) is 1. The third-order valence-electron chi connectivity index (χ3n) is 2.32. The molecule has 22 heavy (non-hydrogen) atoms. The van der Waals surface area contributed by atoms with E-state index in [1.165, 1.54) is 0 Å². The molecule has 0 atom stereocenters. The van der Waals surface area contributed by atoms with Crippen LogP contribution < -0.4 is 5.32 Å². The van der Waals surface area contributed by atoms with E-state index in [1.807, 2.05) is 0 Å². The lowest BCUT2D eigenvalue weighted by Crippen LogP contribution is -2.57. The summed E-state index contributed by atoms with van der Waals surface area (Å²) in [6.45, 7) is 0. The smallest absolute Gasteiger partial charge is 0.460 e. The van der Waals surface area contributed by atoms with Gasteiger partial charge in [0.1, 0.15) is 4.88 Å². The molecule has 0 aromatic carbocycles. The Morgan fingerprint density at radius 3 is 2.14 bits per heavy atom. The van der Waals surface area contributed by atoms with Gasteiger partial charge in [0.15, 0.2) is 0 Å². The number of anilines is 1. The standard InChI is InChI=1S/C10H6F7NO3S/c1-21-6(19)5-4(2-3-22-5)18-7(20)8(11,12)9(13,14)10(15,16)17/h2-3H,1H3,(H,18,20). The highest BCUT2D eigenvalue weighted by molar-refractivity contribution is 7.12. The van der Waals surface area contributed by atoms with E-state index in [1.54, 1.807) is 0 Å². The first kappa shape index (κ1) is 18.2. The predicted octanol–water partition coefficient (Wildman–Crippen LogP) is 3.31. The molecule has 0 saturated carbocycles. The molecule has 124 valence electrons. The van der Waals surface area contributed by atoms with E-state index in [0.717, 1.165) is 23.9 Å². The molecule has 0 saturated heterocycles. The molecule has 1 N–H and O–H groups in total. The fraction of sp³-hybridized carbons (Fsp3) is 0.400. The topological polar surface area (TPSA) is 55.4 Å². The number of nitrogens with one attached hydrogen (secondary N) is 1. The Balaban J connectivity index is 3.08. The number of ether oxygens (including phenoxy) is 1. The molecule has 12 heteroatoms. The zero-order valence-electron chi connectivity index (χ0n) is 10.4. The second kappa shape index (κ2) is 5.74. The maximum atomic E-state index is 13.1. The lowest BCUT2D eigenvalue weighted by molar-refractivity contribution is -0.343. The predicted molar refractivity (Wildman–Crippen MR) is 60.2 cm³/mol. The van der Waals surface area contributed by atoms with Crippen molar-refractivity contribution < 1.29 is 45.1 Å². The number of esters is 1. The fourth-order valence-electron chi connectivity index (χ4n) is 1.18. The van der Waals surface area contributed by atoms with Gasteiger partial charge in [0.2, 0.25) is 0 Å². The van der Waals surface area contributed by atoms with Crippen LogP contribution in [-0.4, -0.2) is 37.0 Å². The van der Waals surface area contributed by atoms with Crippen molar-refractivity contribution in [2.45, 2.75) is 18.0 Å². The molecule has 0 radical (unpaired) electrons. The molecule has 1 rings (SSSR count). The Bertz CT molecular complexity index is 581. The normalized spacial score (nSPS) is 12.9. The molecular formula is C10H6F7NO3S. The molecular weight excluding hydrogens is 347 g/mol. The van der Waals surface area contributed by atoms with E-state index in [4.69, 9.17) is 0 Å². The van der Waals surface area contributed by atoms with Crippen molar-refractivity contribution in [2.24, 2.45) is 0 Å². The first-order valence-electron chi connectivity index (χ1n) is 5.16. The van der Waals surface area contributed by atoms with Gasteiger partial charge in [-0.15, -0.1) is 11.3 Å². The largest absolute Gasteiger partial charge is 0.465 e. The molecule has 0 aliphatic carbocycles. The summed E-state index contributed by atoms with van der Waals surface area (Å²) in [6.07, 6.45) is -6.63. The first-order chi connectivity index (χ1) is 9.86. The second-order valence-corrected chi connectivity index (χ2v) is 4.67. The minimum absolute atomic E-state index is 0.443. The van der Waals surface area contributed by atoms with Gasteiger partial charge in [-0.2, -0.15) is 30.7 Å². The van der Waals surface area contributed by atoms with Crippen molar-refractivity contribution in [1.82, 2.24) is 0 Å². The van der Waals surface area contributed by atoms with Crippen molar-refractivity contribution in [3.63, 3.8) is 0 Å². The molecule has 0 fully saturated rings. The van der Waals surface area contributed by atoms with E-state index in [-0.39, 0.29) is 0 Å². The van der Waals surface area contributed by atoms with E-state index >= 15 is 0 Å². The molecule has 0 spiro atoms. The lowest BCUT2D eigenvalue weighted by Gasteiger charge is -2.26. The molecule has 0 aliphatic heterocycles. The molecule has 1 heterocycles. The number of carbonyl (C=O) groups is 2. The average molecular weight is 353 g/mol. The quantitative estimate of drug-likeness (QED) is 0.668. The van der Waals surface area contributed by atoms with Crippen LogP contribution in [0.1, 0.15) is 9.67 Å². The van der Waals surface area contributed by atoms with E-state index < -0.39 is 40.5 Å². The summed E-state index contributed by atoms with van der Waals surface area (Å²) < 4.78 is 91.7. The van der Waals surface area contributed by atoms with Crippen LogP contribution in [0.15, 0.2) is 11.4 Å². The van der Waals surface area contributed by atoms with Gasteiger partial charge in [0.25, 0.3) is 0 Å².